The van der Waals surface area contributed by atoms with Gasteiger partial charge in [-0.25, -0.2) is 0 Å². The third-order valence-corrected chi connectivity index (χ3v) is 3.28. The molecule has 2 heteroatoms. The van der Waals surface area contributed by atoms with Crippen LogP contribution < -0.4 is 5.73 Å². The van der Waals surface area contributed by atoms with Crippen LogP contribution >= 0.6 is 0 Å². The summed E-state index contributed by atoms with van der Waals surface area (Å²) < 4.78 is 0. The van der Waals surface area contributed by atoms with Gasteiger partial charge in [0.1, 0.15) is 5.75 Å². The standard InChI is InChI=1S/C13H21NO/c1-4-13(14,10(2)3)9-11-5-7-12(15)8-6-11/h5-8,10,15H,4,9,14H2,1-3H3. The monoisotopic (exact) mass is 207 g/mol. The van der Waals surface area contributed by atoms with Gasteiger partial charge in [-0.1, -0.05) is 32.9 Å². The van der Waals surface area contributed by atoms with Gasteiger partial charge in [-0.2, -0.15) is 0 Å². The Morgan fingerprint density at radius 3 is 2.20 bits per heavy atom. The Morgan fingerprint density at radius 1 is 1.27 bits per heavy atom. The predicted octanol–water partition coefficient (Wildman–Crippen LogP) is 2.70. The maximum absolute atomic E-state index is 9.19. The lowest BCUT2D eigenvalue weighted by Crippen LogP contribution is -2.46. The summed E-state index contributed by atoms with van der Waals surface area (Å²) in [6.45, 7) is 6.44. The topological polar surface area (TPSA) is 46.2 Å². The first-order chi connectivity index (χ1) is 6.98. The zero-order chi connectivity index (χ0) is 11.5. The second kappa shape index (κ2) is 4.67. The third kappa shape index (κ3) is 2.96. The lowest BCUT2D eigenvalue weighted by molar-refractivity contribution is 0.296. The fourth-order valence-corrected chi connectivity index (χ4v) is 1.73. The van der Waals surface area contributed by atoms with Crippen molar-refractivity contribution in [1.29, 1.82) is 0 Å². The molecule has 0 aliphatic carbocycles. The number of phenols is 1. The maximum Gasteiger partial charge on any atom is 0.115 e. The molecule has 1 aromatic carbocycles. The molecule has 1 rings (SSSR count). The van der Waals surface area contributed by atoms with E-state index in [1.807, 2.05) is 12.1 Å². The first-order valence-electron chi connectivity index (χ1n) is 5.54. The van der Waals surface area contributed by atoms with Crippen molar-refractivity contribution in [1.82, 2.24) is 0 Å². The zero-order valence-corrected chi connectivity index (χ0v) is 9.83. The van der Waals surface area contributed by atoms with Crippen LogP contribution in [0.4, 0.5) is 0 Å². The van der Waals surface area contributed by atoms with Crippen LogP contribution in [0, 0.1) is 5.92 Å². The molecule has 0 amide bonds. The van der Waals surface area contributed by atoms with Gasteiger partial charge in [-0.3, -0.25) is 0 Å². The molecule has 2 nitrogen and oxygen atoms in total. The molecule has 0 heterocycles. The van der Waals surface area contributed by atoms with Crippen molar-refractivity contribution in [3.8, 4) is 5.75 Å². The van der Waals surface area contributed by atoms with Crippen molar-refractivity contribution in [2.45, 2.75) is 39.2 Å². The minimum atomic E-state index is -0.142. The molecule has 1 atom stereocenters. The van der Waals surface area contributed by atoms with E-state index in [4.69, 9.17) is 5.73 Å². The van der Waals surface area contributed by atoms with E-state index in [9.17, 15) is 5.11 Å². The van der Waals surface area contributed by atoms with Crippen molar-refractivity contribution in [3.63, 3.8) is 0 Å². The van der Waals surface area contributed by atoms with Crippen molar-refractivity contribution < 1.29 is 5.11 Å². The van der Waals surface area contributed by atoms with Crippen LogP contribution in [0.25, 0.3) is 0 Å². The number of hydrogen-bond donors (Lipinski definition) is 2. The van der Waals surface area contributed by atoms with Crippen molar-refractivity contribution >= 4 is 0 Å². The van der Waals surface area contributed by atoms with Crippen LogP contribution in [0.3, 0.4) is 0 Å². The normalized spacial score (nSPS) is 15.3. The van der Waals surface area contributed by atoms with Gasteiger partial charge in [0.2, 0.25) is 0 Å². The number of rotatable bonds is 4. The average molecular weight is 207 g/mol. The number of phenolic OH excluding ortho intramolecular Hbond substituents is 1. The largest absolute Gasteiger partial charge is 0.508 e. The Hall–Kier alpha value is -1.02. The molecule has 0 spiro atoms. The van der Waals surface area contributed by atoms with Crippen LogP contribution in [0.5, 0.6) is 5.75 Å². The van der Waals surface area contributed by atoms with Crippen LogP contribution in [-0.4, -0.2) is 10.6 Å². The molecule has 15 heavy (non-hydrogen) atoms. The van der Waals surface area contributed by atoms with Crippen LogP contribution in [-0.2, 0) is 6.42 Å². The third-order valence-electron chi connectivity index (χ3n) is 3.28. The fourth-order valence-electron chi connectivity index (χ4n) is 1.73. The second-order valence-corrected chi connectivity index (χ2v) is 4.58. The molecule has 0 fully saturated rings. The van der Waals surface area contributed by atoms with E-state index >= 15 is 0 Å². The first-order valence-corrected chi connectivity index (χ1v) is 5.54. The Morgan fingerprint density at radius 2 is 1.80 bits per heavy atom. The molecule has 0 bridgehead atoms. The summed E-state index contributed by atoms with van der Waals surface area (Å²) in [5.41, 5.74) is 7.39. The van der Waals surface area contributed by atoms with Gasteiger partial charge in [0, 0.05) is 5.54 Å². The Balaban J connectivity index is 2.79. The molecule has 0 saturated heterocycles. The molecule has 0 aliphatic heterocycles. The van der Waals surface area contributed by atoms with E-state index in [-0.39, 0.29) is 5.54 Å². The maximum atomic E-state index is 9.19. The lowest BCUT2D eigenvalue weighted by atomic mass is 9.80. The van der Waals surface area contributed by atoms with Crippen molar-refractivity contribution in [2.24, 2.45) is 11.7 Å². The molecule has 0 aromatic heterocycles. The second-order valence-electron chi connectivity index (χ2n) is 4.58. The molecule has 0 aliphatic rings. The molecular weight excluding hydrogens is 186 g/mol. The molecule has 84 valence electrons. The quantitative estimate of drug-likeness (QED) is 0.797. The van der Waals surface area contributed by atoms with Crippen molar-refractivity contribution in [3.05, 3.63) is 29.8 Å². The highest BCUT2D eigenvalue weighted by molar-refractivity contribution is 5.27. The minimum Gasteiger partial charge on any atom is -0.508 e. The summed E-state index contributed by atoms with van der Waals surface area (Å²) in [5, 5.41) is 9.19. The van der Waals surface area contributed by atoms with Gasteiger partial charge in [0.05, 0.1) is 0 Å². The highest BCUT2D eigenvalue weighted by Crippen LogP contribution is 2.24. The summed E-state index contributed by atoms with van der Waals surface area (Å²) in [4.78, 5) is 0. The molecule has 0 radical (unpaired) electrons. The fraction of sp³-hybridized carbons (Fsp3) is 0.538. The van der Waals surface area contributed by atoms with E-state index in [0.717, 1.165) is 12.8 Å². The predicted molar refractivity (Wildman–Crippen MR) is 63.9 cm³/mol. The van der Waals surface area contributed by atoms with E-state index < -0.39 is 0 Å². The number of aromatic hydroxyl groups is 1. The van der Waals surface area contributed by atoms with Gasteiger partial charge >= 0.3 is 0 Å². The van der Waals surface area contributed by atoms with Crippen LogP contribution in [0.15, 0.2) is 24.3 Å². The highest BCUT2D eigenvalue weighted by atomic mass is 16.3. The summed E-state index contributed by atoms with van der Waals surface area (Å²) in [5.74, 6) is 0.763. The lowest BCUT2D eigenvalue weighted by Gasteiger charge is -2.32. The van der Waals surface area contributed by atoms with E-state index in [1.165, 1.54) is 5.56 Å². The Bertz CT molecular complexity index is 305. The smallest absolute Gasteiger partial charge is 0.115 e. The Kier molecular flexibility index (Phi) is 3.75. The van der Waals surface area contributed by atoms with Crippen LogP contribution in [0.1, 0.15) is 32.8 Å². The first kappa shape index (κ1) is 12.1. The van der Waals surface area contributed by atoms with E-state index in [0.29, 0.717) is 11.7 Å². The number of benzene rings is 1. The summed E-state index contributed by atoms with van der Waals surface area (Å²) in [6, 6.07) is 7.31. The SMILES string of the molecule is CCC(N)(Cc1ccc(O)cc1)C(C)C. The van der Waals surface area contributed by atoms with Gasteiger partial charge in [-0.05, 0) is 36.5 Å². The summed E-state index contributed by atoms with van der Waals surface area (Å²) in [6.07, 6.45) is 1.83. The molecule has 3 N–H and O–H groups in total. The summed E-state index contributed by atoms with van der Waals surface area (Å²) in [7, 11) is 0. The molecule has 1 aromatic rings. The summed E-state index contributed by atoms with van der Waals surface area (Å²) >= 11 is 0. The van der Waals surface area contributed by atoms with Gasteiger partial charge < -0.3 is 10.8 Å². The molecular formula is C13H21NO. The van der Waals surface area contributed by atoms with Crippen molar-refractivity contribution in [2.75, 3.05) is 0 Å². The number of hydrogen-bond acceptors (Lipinski definition) is 2. The molecule has 1 unspecified atom stereocenters. The van der Waals surface area contributed by atoms with Gasteiger partial charge in [0.25, 0.3) is 0 Å². The highest BCUT2D eigenvalue weighted by Gasteiger charge is 2.26. The van der Waals surface area contributed by atoms with E-state index in [2.05, 4.69) is 20.8 Å². The van der Waals surface area contributed by atoms with Gasteiger partial charge in [-0.15, -0.1) is 0 Å². The van der Waals surface area contributed by atoms with Gasteiger partial charge in [0.15, 0.2) is 0 Å². The Labute approximate surface area is 92.1 Å². The van der Waals surface area contributed by atoms with Crippen LogP contribution in [0.2, 0.25) is 0 Å². The zero-order valence-electron chi connectivity index (χ0n) is 9.83. The molecule has 0 saturated carbocycles. The van der Waals surface area contributed by atoms with E-state index in [1.54, 1.807) is 12.1 Å². The number of nitrogens with two attached hydrogens (primary N) is 1. The average Bonchev–Trinajstić information content (AvgIpc) is 2.21. The minimum absolute atomic E-state index is 0.142.